The highest BCUT2D eigenvalue weighted by atomic mass is 31.2. The molecule has 10 N–H and O–H groups in total. The minimum atomic E-state index is -4.41. The molecule has 1 aromatic rings. The number of hydrogen-bond donors (Lipinski definition) is 10. The van der Waals surface area contributed by atoms with Crippen molar-refractivity contribution in [1.29, 1.82) is 0 Å². The minimum Gasteiger partial charge on any atom is -0.481 e. The van der Waals surface area contributed by atoms with Crippen LogP contribution in [0.1, 0.15) is 84.6 Å². The van der Waals surface area contributed by atoms with Crippen molar-refractivity contribution in [3.63, 3.8) is 0 Å². The zero-order valence-corrected chi connectivity index (χ0v) is 35.9. The van der Waals surface area contributed by atoms with Gasteiger partial charge in [-0.3, -0.25) is 63.3 Å². The Bertz CT molecular complexity index is 1770. The normalized spacial score (nSPS) is 13.8. The molecule has 25 heteroatoms. The summed E-state index contributed by atoms with van der Waals surface area (Å²) in [5.74, 6) is -9.26. The van der Waals surface area contributed by atoms with Gasteiger partial charge in [-0.15, -0.1) is 0 Å². The van der Waals surface area contributed by atoms with Gasteiger partial charge in [-0.2, -0.15) is 0 Å². The number of amides is 7. The number of carbonyl (C=O) groups excluding carboxylic acids is 7. The summed E-state index contributed by atoms with van der Waals surface area (Å²) >= 11 is 0. The Morgan fingerprint density at radius 2 is 1.06 bits per heavy atom. The summed E-state index contributed by atoms with van der Waals surface area (Å²) < 4.78 is 17.6. The van der Waals surface area contributed by atoms with Gasteiger partial charge < -0.3 is 40.9 Å². The molecule has 1 rings (SSSR count). The number of aliphatic carboxylic acids is 2. The Morgan fingerprint density at radius 1 is 0.645 bits per heavy atom. The molecule has 7 amide bonds. The van der Waals surface area contributed by atoms with Crippen LogP contribution in [0.15, 0.2) is 24.3 Å². The van der Waals surface area contributed by atoms with Crippen molar-refractivity contribution in [2.24, 2.45) is 5.92 Å². The SMILES string of the molecule is CC(=O)N[C@@H](CCCN(O)C(C)=O)C(=O)N[C@@H](CCCN(O)C(C)=O)C(=O)N[C@@H](CCCN(O)C(C)=O)C(=O)Nc1ccc(CCOP(=O)(O)C[C@@H](CCC(=O)O)C(=O)O)cc1. The lowest BCUT2D eigenvalue weighted by Crippen LogP contribution is -2.56. The third-order valence-corrected chi connectivity index (χ3v) is 10.5. The van der Waals surface area contributed by atoms with E-state index in [1.54, 1.807) is 12.1 Å². The van der Waals surface area contributed by atoms with Gasteiger partial charge in [0.15, 0.2) is 0 Å². The predicted octanol–water partition coefficient (Wildman–Crippen LogP) is 0.463. The topological polar surface area (TPSA) is 359 Å². The first-order valence-electron chi connectivity index (χ1n) is 19.5. The van der Waals surface area contributed by atoms with Crippen LogP contribution in [-0.2, 0) is 58.7 Å². The van der Waals surface area contributed by atoms with E-state index in [9.17, 15) is 73.3 Å². The molecule has 0 saturated heterocycles. The van der Waals surface area contributed by atoms with E-state index in [-0.39, 0.29) is 83.3 Å². The van der Waals surface area contributed by atoms with E-state index in [1.165, 1.54) is 12.1 Å². The molecule has 1 unspecified atom stereocenters. The zero-order chi connectivity index (χ0) is 47.2. The van der Waals surface area contributed by atoms with Crippen molar-refractivity contribution in [2.45, 2.75) is 104 Å². The van der Waals surface area contributed by atoms with E-state index in [1.807, 2.05) is 0 Å². The molecule has 0 aliphatic rings. The lowest BCUT2D eigenvalue weighted by atomic mass is 10.1. The number of benzene rings is 1. The summed E-state index contributed by atoms with van der Waals surface area (Å²) in [6, 6.07) is 2.02. The maximum absolute atomic E-state index is 13.8. The summed E-state index contributed by atoms with van der Waals surface area (Å²) in [7, 11) is -4.41. The first kappa shape index (κ1) is 54.5. The van der Waals surface area contributed by atoms with Gasteiger partial charge in [0.25, 0.3) is 0 Å². The molecule has 0 aliphatic carbocycles. The fourth-order valence-electron chi connectivity index (χ4n) is 5.62. The highest BCUT2D eigenvalue weighted by Gasteiger charge is 2.32. The highest BCUT2D eigenvalue weighted by Crippen LogP contribution is 2.44. The molecule has 24 nitrogen and oxygen atoms in total. The van der Waals surface area contributed by atoms with Crippen LogP contribution < -0.4 is 21.3 Å². The summed E-state index contributed by atoms with van der Waals surface area (Å²) in [6.45, 7) is 3.51. The fourth-order valence-corrected chi connectivity index (χ4v) is 6.99. The Labute approximate surface area is 357 Å². The number of rotatable bonds is 29. The van der Waals surface area contributed by atoms with Gasteiger partial charge in [0.2, 0.25) is 41.4 Å². The van der Waals surface area contributed by atoms with Gasteiger partial charge in [-0.25, -0.2) is 15.2 Å². The number of nitrogens with zero attached hydrogens (tertiary/aromatic N) is 3. The molecule has 0 aromatic heterocycles. The molecule has 0 bridgehead atoms. The van der Waals surface area contributed by atoms with Gasteiger partial charge >= 0.3 is 19.5 Å². The van der Waals surface area contributed by atoms with Crippen molar-refractivity contribution in [3.05, 3.63) is 29.8 Å². The zero-order valence-electron chi connectivity index (χ0n) is 35.0. The summed E-state index contributed by atoms with van der Waals surface area (Å²) in [6.07, 6.45) is -1.98. The van der Waals surface area contributed by atoms with Gasteiger partial charge in [-0.05, 0) is 69.1 Å². The second-order valence-electron chi connectivity index (χ2n) is 14.3. The van der Waals surface area contributed by atoms with E-state index < -0.39 is 97.5 Å². The van der Waals surface area contributed by atoms with Crippen molar-refractivity contribution >= 4 is 66.6 Å². The molecule has 0 spiro atoms. The Morgan fingerprint density at radius 3 is 1.45 bits per heavy atom. The summed E-state index contributed by atoms with van der Waals surface area (Å²) in [5, 5.41) is 58.9. The van der Waals surface area contributed by atoms with E-state index in [2.05, 4.69) is 21.3 Å². The van der Waals surface area contributed by atoms with Gasteiger partial charge in [0, 0.05) is 59.4 Å². The Hall–Kier alpha value is -5.52. The molecule has 0 radical (unpaired) electrons. The lowest BCUT2D eigenvalue weighted by Gasteiger charge is -2.26. The smallest absolute Gasteiger partial charge is 0.328 e. The number of hydrogen-bond acceptors (Lipinski definition) is 14. The van der Waals surface area contributed by atoms with Crippen LogP contribution in [0.3, 0.4) is 0 Å². The predicted molar refractivity (Wildman–Crippen MR) is 214 cm³/mol. The number of anilines is 1. The number of carbonyl (C=O) groups is 9. The van der Waals surface area contributed by atoms with E-state index in [4.69, 9.17) is 9.63 Å². The van der Waals surface area contributed by atoms with Gasteiger partial charge in [0.1, 0.15) is 18.1 Å². The summed E-state index contributed by atoms with van der Waals surface area (Å²) in [5.41, 5.74) is 0.791. The molecule has 348 valence electrons. The van der Waals surface area contributed by atoms with Crippen LogP contribution in [0.4, 0.5) is 5.69 Å². The Kier molecular flexibility index (Phi) is 24.1. The third kappa shape index (κ3) is 22.4. The molecular formula is C37H58N7O17P. The highest BCUT2D eigenvalue weighted by molar-refractivity contribution is 7.52. The van der Waals surface area contributed by atoms with Crippen LogP contribution in [0.5, 0.6) is 0 Å². The van der Waals surface area contributed by atoms with E-state index in [0.717, 1.165) is 27.7 Å². The minimum absolute atomic E-state index is 0.00325. The monoisotopic (exact) mass is 903 g/mol. The molecule has 62 heavy (non-hydrogen) atoms. The quantitative estimate of drug-likeness (QED) is 0.0297. The number of hydroxylamine groups is 6. The average molecular weight is 904 g/mol. The van der Waals surface area contributed by atoms with Crippen molar-refractivity contribution < 1.29 is 83.0 Å². The maximum atomic E-state index is 13.8. The third-order valence-electron chi connectivity index (χ3n) is 9.05. The molecule has 0 heterocycles. The van der Waals surface area contributed by atoms with Crippen molar-refractivity contribution in [1.82, 2.24) is 31.1 Å². The Balaban J connectivity index is 3.21. The van der Waals surface area contributed by atoms with Crippen molar-refractivity contribution in [2.75, 3.05) is 37.7 Å². The van der Waals surface area contributed by atoms with Gasteiger partial charge in [0.05, 0.1) is 18.7 Å². The lowest BCUT2D eigenvalue weighted by molar-refractivity contribution is -0.163. The molecular weight excluding hydrogens is 845 g/mol. The molecule has 0 saturated carbocycles. The molecule has 0 fully saturated rings. The van der Waals surface area contributed by atoms with Crippen LogP contribution >= 0.6 is 7.60 Å². The number of nitrogens with one attached hydrogen (secondary N) is 4. The van der Waals surface area contributed by atoms with E-state index >= 15 is 0 Å². The molecule has 5 atom stereocenters. The van der Waals surface area contributed by atoms with Gasteiger partial charge in [-0.1, -0.05) is 12.1 Å². The molecule has 1 aromatic carbocycles. The largest absolute Gasteiger partial charge is 0.481 e. The summed E-state index contributed by atoms with van der Waals surface area (Å²) in [4.78, 5) is 120. The number of carboxylic acid groups (broad SMARTS) is 2. The first-order valence-corrected chi connectivity index (χ1v) is 21.3. The maximum Gasteiger partial charge on any atom is 0.328 e. The molecule has 0 aliphatic heterocycles. The second-order valence-corrected chi connectivity index (χ2v) is 16.2. The van der Waals surface area contributed by atoms with E-state index in [0.29, 0.717) is 20.8 Å². The van der Waals surface area contributed by atoms with Crippen molar-refractivity contribution in [3.8, 4) is 0 Å². The average Bonchev–Trinajstić information content (AvgIpc) is 3.17. The first-order chi connectivity index (χ1) is 28.9. The standard InChI is InChI=1S/C37H58N7O17P/c1-23(45)38-30(8-5-18-42(56)24(2)46)35(52)41-32(10-7-20-44(58)26(4)48)36(53)40-31(9-6-19-43(57)25(3)47)34(51)39-29-14-11-27(12-15-29)17-21-61-62(59,60)22-28(37(54)55)13-16-33(49)50/h11-12,14-15,28,30-32,56-58H,5-10,13,16-22H2,1-4H3,(H,38,45)(H,39,51)(H,40,53)(H,41,52)(H,49,50)(H,54,55)(H,59,60)/t28-,30+,31+,32+/m1/s1. The number of carboxylic acids is 2. The second kappa shape index (κ2) is 27.4. The van der Waals surface area contributed by atoms with Crippen LogP contribution in [0.25, 0.3) is 0 Å². The fraction of sp³-hybridized carbons (Fsp3) is 0.595. The van der Waals surface area contributed by atoms with Crippen LogP contribution in [0.2, 0.25) is 0 Å². The van der Waals surface area contributed by atoms with Crippen LogP contribution in [-0.4, -0.2) is 150 Å². The van der Waals surface area contributed by atoms with Crippen LogP contribution in [0, 0.1) is 5.92 Å².